The van der Waals surface area contributed by atoms with E-state index in [2.05, 4.69) is 5.16 Å². The zero-order chi connectivity index (χ0) is 11.8. The van der Waals surface area contributed by atoms with E-state index >= 15 is 0 Å². The number of aryl methyl sites for hydroxylation is 1. The molecule has 1 rings (SSSR count). The molecule has 0 unspecified atom stereocenters. The summed E-state index contributed by atoms with van der Waals surface area (Å²) in [4.78, 5) is 10.5. The number of nitrogens with zero attached hydrogens (tertiary/aromatic N) is 1. The van der Waals surface area contributed by atoms with Crippen molar-refractivity contribution in [2.24, 2.45) is 5.16 Å². The normalized spacial score (nSPS) is 10.2. The van der Waals surface area contributed by atoms with E-state index in [9.17, 15) is 4.79 Å². The fourth-order valence-electron chi connectivity index (χ4n) is 0.935. The molecule has 0 bridgehead atoms. The van der Waals surface area contributed by atoms with Crippen LogP contribution in [-0.4, -0.2) is 22.0 Å². The van der Waals surface area contributed by atoms with Crippen LogP contribution in [0.4, 0.5) is 0 Å². The molecule has 0 radical (unpaired) electrons. The second-order valence-electron chi connectivity index (χ2n) is 2.62. The van der Waals surface area contributed by atoms with Crippen LogP contribution in [-0.2, 0) is 4.79 Å². The highest BCUT2D eigenvalue weighted by atomic mass is 16.4. The zero-order valence-electron chi connectivity index (χ0n) is 9.06. The van der Waals surface area contributed by atoms with Crippen LogP contribution in [0.1, 0.15) is 25.0 Å². The molecule has 0 amide bonds. The van der Waals surface area contributed by atoms with Crippen LogP contribution in [0.15, 0.2) is 29.4 Å². The average Bonchev–Trinajstić information content (AvgIpc) is 2.24. The number of hydrogen-bond donors (Lipinski definition) is 2. The van der Waals surface area contributed by atoms with Crippen LogP contribution in [0.25, 0.3) is 0 Å². The van der Waals surface area contributed by atoms with Gasteiger partial charge in [0.15, 0.2) is 5.71 Å². The van der Waals surface area contributed by atoms with Crippen molar-refractivity contribution < 1.29 is 15.1 Å². The van der Waals surface area contributed by atoms with E-state index in [1.165, 1.54) is 0 Å². The highest BCUT2D eigenvalue weighted by molar-refractivity contribution is 6.42. The summed E-state index contributed by atoms with van der Waals surface area (Å²) < 4.78 is 0. The van der Waals surface area contributed by atoms with E-state index < -0.39 is 5.97 Å². The van der Waals surface area contributed by atoms with Gasteiger partial charge in [0.2, 0.25) is 0 Å². The maximum absolute atomic E-state index is 10.5. The van der Waals surface area contributed by atoms with E-state index in [1.807, 2.05) is 20.8 Å². The molecule has 0 atom stereocenters. The summed E-state index contributed by atoms with van der Waals surface area (Å²) in [5.41, 5.74) is 1.06. The predicted octanol–water partition coefficient (Wildman–Crippen LogP) is 2.28. The summed E-state index contributed by atoms with van der Waals surface area (Å²) in [5.74, 6) is -1.24. The number of carbonyl (C=O) groups is 1. The highest BCUT2D eigenvalue weighted by Crippen LogP contribution is 2.04. The Morgan fingerprint density at radius 3 is 2.00 bits per heavy atom. The molecule has 0 saturated heterocycles. The fraction of sp³-hybridized carbons (Fsp3) is 0.273. The Labute approximate surface area is 88.9 Å². The molecule has 0 aliphatic carbocycles. The Bertz CT molecular complexity index is 341. The highest BCUT2D eigenvalue weighted by Gasteiger charge is 2.11. The number of rotatable bonds is 2. The molecule has 1 aromatic carbocycles. The summed E-state index contributed by atoms with van der Waals surface area (Å²) in [6, 6.07) is 6.70. The lowest BCUT2D eigenvalue weighted by Crippen LogP contribution is -2.14. The molecule has 0 aliphatic rings. The van der Waals surface area contributed by atoms with Crippen LogP contribution in [0.2, 0.25) is 0 Å². The van der Waals surface area contributed by atoms with Gasteiger partial charge in [-0.1, -0.05) is 48.8 Å². The van der Waals surface area contributed by atoms with Gasteiger partial charge in [-0.25, -0.2) is 4.79 Å². The lowest BCUT2D eigenvalue weighted by atomic mass is 10.1. The second kappa shape index (κ2) is 6.59. The number of hydrogen-bond acceptors (Lipinski definition) is 3. The van der Waals surface area contributed by atoms with Gasteiger partial charge in [0.05, 0.1) is 0 Å². The van der Waals surface area contributed by atoms with Crippen LogP contribution >= 0.6 is 0 Å². The Balaban J connectivity index is 0.000000921. The molecular weight excluding hydrogens is 194 g/mol. The van der Waals surface area contributed by atoms with Gasteiger partial charge in [-0.05, 0) is 6.92 Å². The van der Waals surface area contributed by atoms with Crippen molar-refractivity contribution in [2.45, 2.75) is 20.8 Å². The Kier molecular flexibility index (Phi) is 5.78. The van der Waals surface area contributed by atoms with Crippen LogP contribution in [0.3, 0.4) is 0 Å². The number of aliphatic carboxylic acids is 1. The van der Waals surface area contributed by atoms with Crippen molar-refractivity contribution in [3.8, 4) is 0 Å². The first-order valence-corrected chi connectivity index (χ1v) is 4.67. The van der Waals surface area contributed by atoms with Crippen LogP contribution in [0, 0.1) is 6.92 Å². The second-order valence-corrected chi connectivity index (χ2v) is 2.62. The third kappa shape index (κ3) is 3.81. The van der Waals surface area contributed by atoms with Crippen molar-refractivity contribution in [1.29, 1.82) is 0 Å². The van der Waals surface area contributed by atoms with Crippen molar-refractivity contribution >= 4 is 11.7 Å². The molecule has 4 heteroatoms. The van der Waals surface area contributed by atoms with Crippen molar-refractivity contribution in [2.75, 3.05) is 0 Å². The zero-order valence-corrected chi connectivity index (χ0v) is 9.06. The summed E-state index contributed by atoms with van der Waals surface area (Å²) in [6.07, 6.45) is 0. The minimum absolute atomic E-state index is 0.347. The maximum atomic E-state index is 10.5. The summed E-state index contributed by atoms with van der Waals surface area (Å²) in [5, 5.41) is 19.7. The molecule has 15 heavy (non-hydrogen) atoms. The largest absolute Gasteiger partial charge is 0.476 e. The summed E-state index contributed by atoms with van der Waals surface area (Å²) in [6.45, 7) is 5.89. The topological polar surface area (TPSA) is 69.9 Å². The van der Waals surface area contributed by atoms with Gasteiger partial charge in [-0.2, -0.15) is 0 Å². The van der Waals surface area contributed by atoms with Gasteiger partial charge in [-0.15, -0.1) is 0 Å². The number of oxime groups is 1. The molecular formula is C11H15NO3. The van der Waals surface area contributed by atoms with E-state index in [1.54, 1.807) is 24.3 Å². The van der Waals surface area contributed by atoms with Gasteiger partial charge < -0.3 is 10.3 Å². The Morgan fingerprint density at radius 1 is 1.20 bits per heavy atom. The standard InChI is InChI=1S/C9H9NO3.C2H6/c1-6-2-4-7(5-3-6)8(10-13)9(11)12;1-2/h2-5,13H,1H3,(H,11,12);1-2H3/b10-8-;. The van der Waals surface area contributed by atoms with Crippen LogP contribution < -0.4 is 0 Å². The van der Waals surface area contributed by atoms with Gasteiger partial charge in [0.1, 0.15) is 0 Å². The van der Waals surface area contributed by atoms with E-state index in [0.29, 0.717) is 5.56 Å². The van der Waals surface area contributed by atoms with Gasteiger partial charge in [0, 0.05) is 5.56 Å². The van der Waals surface area contributed by atoms with E-state index in [-0.39, 0.29) is 5.71 Å². The quantitative estimate of drug-likeness (QED) is 0.446. The molecule has 0 fully saturated rings. The molecule has 0 heterocycles. The molecule has 82 valence electrons. The lowest BCUT2D eigenvalue weighted by molar-refractivity contribution is -0.129. The Hall–Kier alpha value is -1.84. The molecule has 0 aromatic heterocycles. The minimum atomic E-state index is -1.24. The van der Waals surface area contributed by atoms with Gasteiger partial charge >= 0.3 is 5.97 Å². The van der Waals surface area contributed by atoms with Gasteiger partial charge in [-0.3, -0.25) is 0 Å². The molecule has 0 aliphatic heterocycles. The third-order valence-corrected chi connectivity index (χ3v) is 1.63. The molecule has 1 aromatic rings. The first-order valence-electron chi connectivity index (χ1n) is 4.67. The van der Waals surface area contributed by atoms with Crippen molar-refractivity contribution in [3.05, 3.63) is 35.4 Å². The monoisotopic (exact) mass is 209 g/mol. The van der Waals surface area contributed by atoms with Crippen LogP contribution in [0.5, 0.6) is 0 Å². The number of carboxylic acids is 1. The van der Waals surface area contributed by atoms with E-state index in [4.69, 9.17) is 10.3 Å². The predicted molar refractivity (Wildman–Crippen MR) is 58.5 cm³/mol. The molecule has 2 N–H and O–H groups in total. The van der Waals surface area contributed by atoms with Crippen molar-refractivity contribution in [1.82, 2.24) is 0 Å². The van der Waals surface area contributed by atoms with Crippen molar-refractivity contribution in [3.63, 3.8) is 0 Å². The number of benzene rings is 1. The first kappa shape index (κ1) is 13.2. The summed E-state index contributed by atoms with van der Waals surface area (Å²) in [7, 11) is 0. The third-order valence-electron chi connectivity index (χ3n) is 1.63. The van der Waals surface area contributed by atoms with Gasteiger partial charge in [0.25, 0.3) is 0 Å². The lowest BCUT2D eigenvalue weighted by Gasteiger charge is -1.98. The molecule has 0 spiro atoms. The summed E-state index contributed by atoms with van der Waals surface area (Å²) >= 11 is 0. The maximum Gasteiger partial charge on any atom is 0.358 e. The molecule has 4 nitrogen and oxygen atoms in total. The minimum Gasteiger partial charge on any atom is -0.476 e. The number of carboxylic acid groups (broad SMARTS) is 1. The average molecular weight is 209 g/mol. The first-order chi connectivity index (χ1) is 7.15. The Morgan fingerprint density at radius 2 is 1.67 bits per heavy atom. The van der Waals surface area contributed by atoms with E-state index in [0.717, 1.165) is 5.56 Å². The molecule has 0 saturated carbocycles. The SMILES string of the molecule is CC.Cc1ccc(/C(=N/O)C(=O)O)cc1. The fourth-order valence-corrected chi connectivity index (χ4v) is 0.935. The smallest absolute Gasteiger partial charge is 0.358 e.